The normalized spacial score (nSPS) is 10.2. The maximum atomic E-state index is 12.2. The van der Waals surface area contributed by atoms with Gasteiger partial charge in [0.2, 0.25) is 5.91 Å². The van der Waals surface area contributed by atoms with Crippen molar-refractivity contribution < 1.29 is 9.59 Å². The third-order valence-corrected chi connectivity index (χ3v) is 3.42. The number of aryl methyl sites for hydroxylation is 1. The molecule has 5 heteroatoms. The van der Waals surface area contributed by atoms with Crippen molar-refractivity contribution in [1.82, 2.24) is 5.32 Å². The third-order valence-electron chi connectivity index (χ3n) is 3.42. The molecular weight excluding hydrogens is 302 g/mol. The molecule has 0 heterocycles. The summed E-state index contributed by atoms with van der Waals surface area (Å²) in [4.78, 5) is 23.9. The van der Waals surface area contributed by atoms with Gasteiger partial charge in [-0.1, -0.05) is 24.6 Å². The number of hydrogen-bond donors (Lipinski definition) is 3. The molecule has 0 aliphatic heterocycles. The number of amides is 2. The van der Waals surface area contributed by atoms with Gasteiger partial charge in [0.15, 0.2) is 0 Å². The van der Waals surface area contributed by atoms with E-state index in [4.69, 9.17) is 0 Å². The van der Waals surface area contributed by atoms with E-state index in [1.54, 1.807) is 30.3 Å². The van der Waals surface area contributed by atoms with E-state index in [-0.39, 0.29) is 11.8 Å². The third kappa shape index (κ3) is 5.52. The summed E-state index contributed by atoms with van der Waals surface area (Å²) in [6.07, 6.45) is 0.989. The van der Waals surface area contributed by atoms with Crippen molar-refractivity contribution >= 4 is 23.2 Å². The molecule has 0 unspecified atom stereocenters. The van der Waals surface area contributed by atoms with Crippen molar-refractivity contribution in [2.75, 3.05) is 23.7 Å². The fourth-order valence-electron chi connectivity index (χ4n) is 2.21. The summed E-state index contributed by atoms with van der Waals surface area (Å²) >= 11 is 0. The minimum Gasteiger partial charge on any atom is -0.325 e. The number of nitrogens with one attached hydrogen (secondary N) is 3. The van der Waals surface area contributed by atoms with Gasteiger partial charge < -0.3 is 16.0 Å². The highest BCUT2D eigenvalue weighted by molar-refractivity contribution is 6.04. The zero-order chi connectivity index (χ0) is 17.4. The number of rotatable bonds is 7. The van der Waals surface area contributed by atoms with Crippen LogP contribution in [0.5, 0.6) is 0 Å². The summed E-state index contributed by atoms with van der Waals surface area (Å²) in [5.41, 5.74) is 3.04. The number of carbonyl (C=O) groups is 2. The quantitative estimate of drug-likeness (QED) is 0.685. The number of anilines is 2. The van der Waals surface area contributed by atoms with E-state index >= 15 is 0 Å². The van der Waals surface area contributed by atoms with Crippen LogP contribution in [-0.2, 0) is 4.79 Å². The Morgan fingerprint density at radius 1 is 0.958 bits per heavy atom. The lowest BCUT2D eigenvalue weighted by Gasteiger charge is -2.09. The summed E-state index contributed by atoms with van der Waals surface area (Å²) in [5, 5.41) is 8.70. The molecule has 0 aliphatic rings. The molecule has 0 atom stereocenters. The van der Waals surface area contributed by atoms with Gasteiger partial charge in [-0.2, -0.15) is 0 Å². The topological polar surface area (TPSA) is 70.2 Å². The summed E-state index contributed by atoms with van der Waals surface area (Å²) in [6.45, 7) is 5.11. The second kappa shape index (κ2) is 8.84. The highest BCUT2D eigenvalue weighted by Crippen LogP contribution is 2.15. The van der Waals surface area contributed by atoms with Crippen molar-refractivity contribution in [3.63, 3.8) is 0 Å². The first kappa shape index (κ1) is 17.7. The first-order chi connectivity index (χ1) is 11.6. The molecule has 0 radical (unpaired) electrons. The maximum Gasteiger partial charge on any atom is 0.255 e. The first-order valence-electron chi connectivity index (χ1n) is 8.07. The zero-order valence-corrected chi connectivity index (χ0v) is 14.1. The van der Waals surface area contributed by atoms with Crippen LogP contribution in [0.25, 0.3) is 0 Å². The van der Waals surface area contributed by atoms with Crippen LogP contribution >= 0.6 is 0 Å². The molecule has 5 nitrogen and oxygen atoms in total. The van der Waals surface area contributed by atoms with Gasteiger partial charge in [-0.3, -0.25) is 9.59 Å². The number of benzene rings is 2. The molecule has 0 spiro atoms. The van der Waals surface area contributed by atoms with Crippen LogP contribution in [-0.4, -0.2) is 24.9 Å². The summed E-state index contributed by atoms with van der Waals surface area (Å²) in [7, 11) is 0. The molecule has 0 saturated heterocycles. The predicted molar refractivity (Wildman–Crippen MR) is 97.4 cm³/mol. The van der Waals surface area contributed by atoms with E-state index in [1.165, 1.54) is 0 Å². The molecule has 24 heavy (non-hydrogen) atoms. The Morgan fingerprint density at radius 2 is 1.62 bits per heavy atom. The van der Waals surface area contributed by atoms with Gasteiger partial charge >= 0.3 is 0 Å². The second-order valence-electron chi connectivity index (χ2n) is 5.63. The minimum atomic E-state index is -0.153. The van der Waals surface area contributed by atoms with E-state index in [9.17, 15) is 9.59 Å². The van der Waals surface area contributed by atoms with Gasteiger partial charge in [0, 0.05) is 16.9 Å². The van der Waals surface area contributed by atoms with E-state index in [0.717, 1.165) is 18.5 Å². The molecular formula is C19H23N3O2. The Balaban J connectivity index is 1.90. The number of hydrogen-bond acceptors (Lipinski definition) is 3. The SMILES string of the molecule is CCCNCC(=O)Nc1ccc(NC(=O)c2cccc(C)c2)cc1. The van der Waals surface area contributed by atoms with E-state index < -0.39 is 0 Å². The lowest BCUT2D eigenvalue weighted by Crippen LogP contribution is -2.28. The molecule has 2 aromatic rings. The van der Waals surface area contributed by atoms with Gasteiger partial charge in [-0.25, -0.2) is 0 Å². The molecule has 2 amide bonds. The second-order valence-corrected chi connectivity index (χ2v) is 5.63. The fourth-order valence-corrected chi connectivity index (χ4v) is 2.21. The van der Waals surface area contributed by atoms with Gasteiger partial charge in [-0.05, 0) is 56.3 Å². The molecule has 2 rings (SSSR count). The summed E-state index contributed by atoms with van der Waals surface area (Å²) < 4.78 is 0. The van der Waals surface area contributed by atoms with Crippen LogP contribution in [0.3, 0.4) is 0 Å². The molecule has 0 fully saturated rings. The van der Waals surface area contributed by atoms with Crippen LogP contribution in [0.2, 0.25) is 0 Å². The standard InChI is InChI=1S/C19H23N3O2/c1-3-11-20-13-18(23)21-16-7-9-17(10-8-16)22-19(24)15-6-4-5-14(2)12-15/h4-10,12,20H,3,11,13H2,1-2H3,(H,21,23)(H,22,24). The van der Waals surface area contributed by atoms with Gasteiger partial charge in [0.05, 0.1) is 6.54 Å². The Bertz CT molecular complexity index is 696. The van der Waals surface area contributed by atoms with Gasteiger partial charge in [0.25, 0.3) is 5.91 Å². The summed E-state index contributed by atoms with van der Waals surface area (Å²) in [5.74, 6) is -0.237. The van der Waals surface area contributed by atoms with Gasteiger partial charge in [-0.15, -0.1) is 0 Å². The highest BCUT2D eigenvalue weighted by Gasteiger charge is 2.06. The van der Waals surface area contributed by atoms with E-state index in [0.29, 0.717) is 23.5 Å². The van der Waals surface area contributed by atoms with Gasteiger partial charge in [0.1, 0.15) is 0 Å². The average molecular weight is 325 g/mol. The molecule has 126 valence electrons. The van der Waals surface area contributed by atoms with Crippen molar-refractivity contribution in [1.29, 1.82) is 0 Å². The van der Waals surface area contributed by atoms with Crippen molar-refractivity contribution in [3.05, 3.63) is 59.7 Å². The van der Waals surface area contributed by atoms with Crippen molar-refractivity contribution in [3.8, 4) is 0 Å². The van der Waals surface area contributed by atoms with Crippen LogP contribution in [0.1, 0.15) is 29.3 Å². The molecule has 3 N–H and O–H groups in total. The Morgan fingerprint density at radius 3 is 2.25 bits per heavy atom. The first-order valence-corrected chi connectivity index (χ1v) is 8.07. The van der Waals surface area contributed by atoms with E-state index in [1.807, 2.05) is 25.1 Å². The lowest BCUT2D eigenvalue weighted by molar-refractivity contribution is -0.115. The zero-order valence-electron chi connectivity index (χ0n) is 14.1. The van der Waals surface area contributed by atoms with Crippen LogP contribution in [0, 0.1) is 6.92 Å². The maximum absolute atomic E-state index is 12.2. The average Bonchev–Trinajstić information content (AvgIpc) is 2.57. The summed E-state index contributed by atoms with van der Waals surface area (Å²) in [6, 6.07) is 14.5. The molecule has 0 aromatic heterocycles. The highest BCUT2D eigenvalue weighted by atomic mass is 16.2. The Hall–Kier alpha value is -2.66. The van der Waals surface area contributed by atoms with Crippen LogP contribution in [0.4, 0.5) is 11.4 Å². The fraction of sp³-hybridized carbons (Fsp3) is 0.263. The number of carbonyl (C=O) groups excluding carboxylic acids is 2. The molecule has 2 aromatic carbocycles. The molecule has 0 saturated carbocycles. The Kier molecular flexibility index (Phi) is 6.51. The van der Waals surface area contributed by atoms with Crippen molar-refractivity contribution in [2.45, 2.75) is 20.3 Å². The molecule has 0 bridgehead atoms. The predicted octanol–water partition coefficient (Wildman–Crippen LogP) is 3.19. The molecule has 0 aliphatic carbocycles. The van der Waals surface area contributed by atoms with Crippen molar-refractivity contribution in [2.24, 2.45) is 0 Å². The van der Waals surface area contributed by atoms with Crippen LogP contribution < -0.4 is 16.0 Å². The minimum absolute atomic E-state index is 0.0833. The largest absolute Gasteiger partial charge is 0.325 e. The monoisotopic (exact) mass is 325 g/mol. The Labute approximate surface area is 142 Å². The lowest BCUT2D eigenvalue weighted by atomic mass is 10.1. The smallest absolute Gasteiger partial charge is 0.255 e. The van der Waals surface area contributed by atoms with Crippen LogP contribution in [0.15, 0.2) is 48.5 Å². The van der Waals surface area contributed by atoms with E-state index in [2.05, 4.69) is 22.9 Å².